The summed E-state index contributed by atoms with van der Waals surface area (Å²) >= 11 is 0. The van der Waals surface area contributed by atoms with Crippen molar-refractivity contribution < 1.29 is 17.6 Å². The summed E-state index contributed by atoms with van der Waals surface area (Å²) in [5, 5.41) is 1.05. The molecule has 106 valence electrons. The number of hydrogen-bond donors (Lipinski definition) is 0. The maximum absolute atomic E-state index is 13.7. The van der Waals surface area contributed by atoms with Gasteiger partial charge in [-0.15, -0.1) is 0 Å². The molecule has 2 aromatic carbocycles. The topological polar surface area (TPSA) is 9.23 Å². The zero-order valence-electron chi connectivity index (χ0n) is 11.5. The number of benzene rings is 2. The van der Waals surface area contributed by atoms with E-state index in [2.05, 4.69) is 0 Å². The molecule has 0 aliphatic carbocycles. The second-order valence-corrected chi connectivity index (χ2v) is 9.04. The summed E-state index contributed by atoms with van der Waals surface area (Å²) in [7, 11) is -0.277. The van der Waals surface area contributed by atoms with Crippen LogP contribution in [0.4, 0.5) is 13.2 Å². The molecule has 20 heavy (non-hydrogen) atoms. The van der Waals surface area contributed by atoms with Gasteiger partial charge in [-0.3, -0.25) is 0 Å². The molecule has 0 atom stereocenters. The summed E-state index contributed by atoms with van der Waals surface area (Å²) in [6.45, 7) is 4.08. The number of hydrogen-bond acceptors (Lipinski definition) is 1. The lowest BCUT2D eigenvalue weighted by atomic mass is 10.1. The van der Waals surface area contributed by atoms with Crippen LogP contribution >= 0.6 is 0 Å². The molecular formula is C15H15F3OSi. The van der Waals surface area contributed by atoms with Crippen molar-refractivity contribution in [3.8, 4) is 11.1 Å². The van der Waals surface area contributed by atoms with Gasteiger partial charge in [0.05, 0.1) is 0 Å². The van der Waals surface area contributed by atoms with Crippen molar-refractivity contribution in [1.82, 2.24) is 0 Å². The largest absolute Gasteiger partial charge is 0.416 e. The van der Waals surface area contributed by atoms with Crippen LogP contribution in [0.15, 0.2) is 36.4 Å². The van der Waals surface area contributed by atoms with E-state index in [4.69, 9.17) is 4.43 Å². The Morgan fingerprint density at radius 1 is 0.850 bits per heavy atom. The van der Waals surface area contributed by atoms with Crippen LogP contribution in [0.2, 0.25) is 13.1 Å². The molecule has 0 unspecified atom stereocenters. The first kappa shape index (κ1) is 14.8. The Kier molecular flexibility index (Phi) is 4.01. The zero-order chi connectivity index (χ0) is 14.9. The van der Waals surface area contributed by atoms with Crippen LogP contribution in [-0.4, -0.2) is 15.4 Å². The molecule has 2 aromatic rings. The molecule has 0 heterocycles. The molecule has 0 aliphatic heterocycles. The molecule has 0 fully saturated rings. The van der Waals surface area contributed by atoms with Crippen LogP contribution in [0.5, 0.6) is 0 Å². The van der Waals surface area contributed by atoms with E-state index in [9.17, 15) is 13.2 Å². The van der Waals surface area contributed by atoms with Crippen molar-refractivity contribution in [2.24, 2.45) is 0 Å². The fraction of sp³-hybridized carbons (Fsp3) is 0.200. The Balaban J connectivity index is 2.43. The average molecular weight is 296 g/mol. The summed E-state index contributed by atoms with van der Waals surface area (Å²) in [5.74, 6) is -3.02. The molecular weight excluding hydrogens is 281 g/mol. The Morgan fingerprint density at radius 3 is 1.95 bits per heavy atom. The van der Waals surface area contributed by atoms with Crippen LogP contribution < -0.4 is 5.19 Å². The molecule has 0 aromatic heterocycles. The average Bonchev–Trinajstić information content (AvgIpc) is 2.43. The lowest BCUT2D eigenvalue weighted by Crippen LogP contribution is -2.43. The lowest BCUT2D eigenvalue weighted by Gasteiger charge is -2.20. The minimum absolute atomic E-state index is 0.0485. The van der Waals surface area contributed by atoms with E-state index in [0.717, 1.165) is 11.3 Å². The van der Waals surface area contributed by atoms with Crippen LogP contribution in [-0.2, 0) is 4.43 Å². The fourth-order valence-corrected chi connectivity index (χ4v) is 3.12. The Labute approximate surface area is 117 Å². The van der Waals surface area contributed by atoms with Gasteiger partial charge in [0.1, 0.15) is 5.82 Å². The van der Waals surface area contributed by atoms with Crippen LogP contribution in [0.25, 0.3) is 11.1 Å². The molecule has 0 saturated heterocycles. The molecule has 1 nitrogen and oxygen atoms in total. The highest BCUT2D eigenvalue weighted by molar-refractivity contribution is 6.84. The third-order valence-electron chi connectivity index (χ3n) is 3.41. The molecule has 0 bridgehead atoms. The van der Waals surface area contributed by atoms with E-state index in [1.807, 2.05) is 25.2 Å². The zero-order valence-corrected chi connectivity index (χ0v) is 12.5. The van der Waals surface area contributed by atoms with Gasteiger partial charge in [-0.2, -0.15) is 0 Å². The highest BCUT2D eigenvalue weighted by Gasteiger charge is 2.23. The van der Waals surface area contributed by atoms with Gasteiger partial charge in [0.2, 0.25) is 8.32 Å². The summed E-state index contributed by atoms with van der Waals surface area (Å²) in [4.78, 5) is 0. The van der Waals surface area contributed by atoms with Crippen LogP contribution in [0.3, 0.4) is 0 Å². The maximum Gasteiger partial charge on any atom is 0.217 e. The summed E-state index contributed by atoms with van der Waals surface area (Å²) in [6, 6.07) is 8.50. The van der Waals surface area contributed by atoms with Crippen molar-refractivity contribution >= 4 is 13.5 Å². The molecule has 2 rings (SSSR count). The summed E-state index contributed by atoms with van der Waals surface area (Å²) in [5.41, 5.74) is 0.554. The second kappa shape index (κ2) is 5.42. The summed E-state index contributed by atoms with van der Waals surface area (Å²) < 4.78 is 45.3. The molecule has 0 saturated carbocycles. The van der Waals surface area contributed by atoms with Gasteiger partial charge in [0.25, 0.3) is 0 Å². The van der Waals surface area contributed by atoms with Crippen LogP contribution in [0.1, 0.15) is 0 Å². The van der Waals surface area contributed by atoms with E-state index < -0.39 is 25.8 Å². The highest BCUT2D eigenvalue weighted by atomic mass is 28.4. The molecule has 0 N–H and O–H groups in total. The molecule has 0 aliphatic rings. The van der Waals surface area contributed by atoms with Gasteiger partial charge in [0, 0.05) is 18.7 Å². The SMILES string of the molecule is CO[Si](C)(C)c1ccc(-c2cc(F)c(F)cc2F)cc1. The predicted molar refractivity (Wildman–Crippen MR) is 75.9 cm³/mol. The van der Waals surface area contributed by atoms with E-state index in [1.165, 1.54) is 0 Å². The minimum Gasteiger partial charge on any atom is -0.416 e. The molecule has 5 heteroatoms. The second-order valence-electron chi connectivity index (χ2n) is 5.04. The number of rotatable bonds is 3. The van der Waals surface area contributed by atoms with Gasteiger partial charge in [-0.1, -0.05) is 24.3 Å². The van der Waals surface area contributed by atoms with Crippen LogP contribution in [0, 0.1) is 17.5 Å². The van der Waals surface area contributed by atoms with Crippen molar-refractivity contribution in [2.75, 3.05) is 7.11 Å². The molecule has 0 spiro atoms. The van der Waals surface area contributed by atoms with Crippen molar-refractivity contribution in [1.29, 1.82) is 0 Å². The summed E-state index contributed by atoms with van der Waals surface area (Å²) in [6.07, 6.45) is 0. The Hall–Kier alpha value is -1.59. The normalized spacial score (nSPS) is 11.7. The fourth-order valence-electron chi connectivity index (χ4n) is 1.91. The van der Waals surface area contributed by atoms with Crippen molar-refractivity contribution in [2.45, 2.75) is 13.1 Å². The monoisotopic (exact) mass is 296 g/mol. The van der Waals surface area contributed by atoms with E-state index in [-0.39, 0.29) is 5.56 Å². The lowest BCUT2D eigenvalue weighted by molar-refractivity contribution is 0.416. The van der Waals surface area contributed by atoms with E-state index >= 15 is 0 Å². The molecule has 0 amide bonds. The highest BCUT2D eigenvalue weighted by Crippen LogP contribution is 2.25. The predicted octanol–water partition coefficient (Wildman–Crippen LogP) is 3.83. The van der Waals surface area contributed by atoms with Gasteiger partial charge < -0.3 is 4.43 Å². The first-order valence-corrected chi connectivity index (χ1v) is 9.06. The van der Waals surface area contributed by atoms with Crippen molar-refractivity contribution in [3.05, 3.63) is 53.8 Å². The van der Waals surface area contributed by atoms with Gasteiger partial charge in [0.15, 0.2) is 11.6 Å². The van der Waals surface area contributed by atoms with E-state index in [1.54, 1.807) is 19.2 Å². The minimum atomic E-state index is -1.94. The van der Waals surface area contributed by atoms with Gasteiger partial charge >= 0.3 is 0 Å². The third kappa shape index (κ3) is 2.78. The standard InChI is InChI=1S/C15H15F3OSi/c1-19-20(2,3)11-6-4-10(5-7-11)12-8-14(17)15(18)9-13(12)16/h4-9H,1-3H3. The maximum atomic E-state index is 13.7. The first-order chi connectivity index (χ1) is 9.35. The van der Waals surface area contributed by atoms with E-state index in [0.29, 0.717) is 11.6 Å². The number of halogens is 3. The molecule has 0 radical (unpaired) electrons. The first-order valence-electron chi connectivity index (χ1n) is 6.16. The Morgan fingerprint density at radius 2 is 1.40 bits per heavy atom. The quantitative estimate of drug-likeness (QED) is 0.618. The van der Waals surface area contributed by atoms with Gasteiger partial charge in [-0.25, -0.2) is 13.2 Å². The third-order valence-corrected chi connectivity index (χ3v) is 6.16. The van der Waals surface area contributed by atoms with Crippen molar-refractivity contribution in [3.63, 3.8) is 0 Å². The Bertz CT molecular complexity index is 624. The van der Waals surface area contributed by atoms with Gasteiger partial charge in [-0.05, 0) is 29.9 Å². The smallest absolute Gasteiger partial charge is 0.217 e.